The lowest BCUT2D eigenvalue weighted by Crippen LogP contribution is -2.30. The van der Waals surface area contributed by atoms with Crippen LogP contribution in [0.15, 0.2) is 18.2 Å². The molecule has 0 bridgehead atoms. The third-order valence-corrected chi connectivity index (χ3v) is 2.62. The average molecular weight is 276 g/mol. The lowest BCUT2D eigenvalue weighted by molar-refractivity contribution is -0.118. The van der Waals surface area contributed by atoms with Crippen LogP contribution in [0.25, 0.3) is 0 Å². The van der Waals surface area contributed by atoms with Crippen molar-refractivity contribution in [1.29, 1.82) is 0 Å². The third-order valence-electron chi connectivity index (χ3n) is 2.62. The largest absolute Gasteiger partial charge is 0.496 e. The van der Waals surface area contributed by atoms with Crippen LogP contribution in [-0.2, 0) is 11.3 Å². The molecule has 1 rings (SSSR count). The van der Waals surface area contributed by atoms with Gasteiger partial charge in [0.05, 0.1) is 20.3 Å². The molecule has 108 valence electrons. The molecule has 0 saturated heterocycles. The summed E-state index contributed by atoms with van der Waals surface area (Å²) in [5.74, 6) is 6.22. The molecule has 1 aromatic carbocycles. The summed E-state index contributed by atoms with van der Waals surface area (Å²) >= 11 is 0. The van der Waals surface area contributed by atoms with Crippen LogP contribution in [0.4, 0.5) is 0 Å². The number of hydrogen-bond acceptors (Lipinski definition) is 4. The normalized spacial score (nSPS) is 10.0. The first-order valence-corrected chi connectivity index (χ1v) is 6.30. The number of benzene rings is 1. The van der Waals surface area contributed by atoms with Crippen LogP contribution >= 0.6 is 0 Å². The van der Waals surface area contributed by atoms with Crippen LogP contribution in [0.3, 0.4) is 0 Å². The lowest BCUT2D eigenvalue weighted by Gasteiger charge is -2.17. The van der Waals surface area contributed by atoms with Gasteiger partial charge in [0.15, 0.2) is 0 Å². The van der Waals surface area contributed by atoms with Gasteiger partial charge in [0.2, 0.25) is 5.91 Å². The number of amides is 1. The van der Waals surface area contributed by atoms with Crippen molar-refractivity contribution in [1.82, 2.24) is 4.90 Å². The predicted molar refractivity (Wildman–Crippen MR) is 77.1 cm³/mol. The Kier molecular flexibility index (Phi) is 6.57. The van der Waals surface area contributed by atoms with E-state index in [9.17, 15) is 4.79 Å². The molecule has 0 heterocycles. The Morgan fingerprint density at radius 1 is 1.50 bits per heavy atom. The Labute approximate surface area is 119 Å². The van der Waals surface area contributed by atoms with E-state index >= 15 is 0 Å². The fourth-order valence-electron chi connectivity index (χ4n) is 1.81. The van der Waals surface area contributed by atoms with Gasteiger partial charge in [-0.15, -0.1) is 0 Å². The van der Waals surface area contributed by atoms with E-state index in [4.69, 9.17) is 15.6 Å². The molecule has 0 saturated carbocycles. The first kappa shape index (κ1) is 16.0. The maximum absolute atomic E-state index is 10.9. The minimum absolute atomic E-state index is 0.0529. The van der Waals surface area contributed by atoms with Gasteiger partial charge >= 0.3 is 0 Å². The highest BCUT2D eigenvalue weighted by Crippen LogP contribution is 2.21. The molecule has 20 heavy (non-hydrogen) atoms. The zero-order valence-corrected chi connectivity index (χ0v) is 11.8. The first-order valence-electron chi connectivity index (χ1n) is 6.30. The predicted octanol–water partition coefficient (Wildman–Crippen LogP) is 0.346. The van der Waals surface area contributed by atoms with Crippen molar-refractivity contribution >= 4 is 5.91 Å². The molecule has 0 aliphatic rings. The highest BCUT2D eigenvalue weighted by Gasteiger charge is 2.09. The minimum atomic E-state index is -0.370. The Morgan fingerprint density at radius 2 is 2.25 bits per heavy atom. The zero-order chi connectivity index (χ0) is 15.0. The van der Waals surface area contributed by atoms with E-state index in [1.54, 1.807) is 7.11 Å². The molecule has 0 aliphatic heterocycles. The molecular formula is C15H20N2O3. The molecule has 0 spiro atoms. The summed E-state index contributed by atoms with van der Waals surface area (Å²) < 4.78 is 5.30. The second-order valence-electron chi connectivity index (χ2n) is 4.44. The molecule has 0 aliphatic carbocycles. The van der Waals surface area contributed by atoms with E-state index in [1.807, 2.05) is 30.1 Å². The maximum Gasteiger partial charge on any atom is 0.231 e. The number of carbonyl (C=O) groups is 1. The van der Waals surface area contributed by atoms with E-state index in [0.29, 0.717) is 13.0 Å². The number of nitrogens with two attached hydrogens (primary N) is 1. The molecule has 3 N–H and O–H groups in total. The molecular weight excluding hydrogens is 256 g/mol. The molecule has 0 fully saturated rings. The molecule has 5 heteroatoms. The number of rotatable bonds is 6. The van der Waals surface area contributed by atoms with E-state index in [0.717, 1.165) is 16.9 Å². The number of carbonyl (C=O) groups excluding carboxylic acids is 1. The fraction of sp³-hybridized carbons (Fsp3) is 0.400. The monoisotopic (exact) mass is 276 g/mol. The van der Waals surface area contributed by atoms with Gasteiger partial charge in [0.25, 0.3) is 0 Å². The van der Waals surface area contributed by atoms with Crippen molar-refractivity contribution in [2.45, 2.75) is 13.0 Å². The molecule has 0 unspecified atom stereocenters. The number of methoxy groups -OCH3 is 1. The van der Waals surface area contributed by atoms with Crippen molar-refractivity contribution in [3.8, 4) is 17.6 Å². The van der Waals surface area contributed by atoms with Crippen LogP contribution in [0.5, 0.6) is 5.75 Å². The van der Waals surface area contributed by atoms with Crippen molar-refractivity contribution in [3.63, 3.8) is 0 Å². The fourth-order valence-corrected chi connectivity index (χ4v) is 1.81. The van der Waals surface area contributed by atoms with Gasteiger partial charge in [-0.3, -0.25) is 9.69 Å². The number of nitrogens with zero attached hydrogens (tertiary/aromatic N) is 1. The van der Waals surface area contributed by atoms with Gasteiger partial charge in [0, 0.05) is 24.1 Å². The van der Waals surface area contributed by atoms with Gasteiger partial charge in [-0.1, -0.05) is 11.8 Å². The average Bonchev–Trinajstić information content (AvgIpc) is 2.38. The van der Waals surface area contributed by atoms with Crippen molar-refractivity contribution in [2.75, 3.05) is 27.3 Å². The molecule has 0 aromatic heterocycles. The number of aliphatic hydroxyl groups is 1. The highest BCUT2D eigenvalue weighted by molar-refractivity contribution is 5.75. The smallest absolute Gasteiger partial charge is 0.231 e. The molecule has 1 amide bonds. The van der Waals surface area contributed by atoms with Gasteiger partial charge in [0.1, 0.15) is 5.75 Å². The molecule has 5 nitrogen and oxygen atoms in total. The van der Waals surface area contributed by atoms with E-state index in [2.05, 4.69) is 11.8 Å². The van der Waals surface area contributed by atoms with Crippen molar-refractivity contribution in [3.05, 3.63) is 29.3 Å². The van der Waals surface area contributed by atoms with Crippen LogP contribution in [0.1, 0.15) is 17.5 Å². The van der Waals surface area contributed by atoms with E-state index in [1.165, 1.54) is 0 Å². The number of ether oxygens (including phenoxy) is 1. The van der Waals surface area contributed by atoms with Crippen LogP contribution < -0.4 is 10.5 Å². The Balaban J connectivity index is 2.89. The summed E-state index contributed by atoms with van der Waals surface area (Å²) in [6.07, 6.45) is 0.447. The maximum atomic E-state index is 10.9. The minimum Gasteiger partial charge on any atom is -0.496 e. The second kappa shape index (κ2) is 8.20. The summed E-state index contributed by atoms with van der Waals surface area (Å²) in [6, 6.07) is 5.62. The first-order chi connectivity index (χ1) is 9.56. The summed E-state index contributed by atoms with van der Waals surface area (Å²) in [5, 5.41) is 8.71. The number of hydrogen-bond donors (Lipinski definition) is 2. The molecule has 0 atom stereocenters. The van der Waals surface area contributed by atoms with Crippen LogP contribution in [0, 0.1) is 11.8 Å². The van der Waals surface area contributed by atoms with E-state index in [-0.39, 0.29) is 19.1 Å². The van der Waals surface area contributed by atoms with Gasteiger partial charge in [-0.25, -0.2) is 0 Å². The quantitative estimate of drug-likeness (QED) is 0.735. The highest BCUT2D eigenvalue weighted by atomic mass is 16.5. The summed E-state index contributed by atoms with van der Waals surface area (Å²) in [7, 11) is 3.42. The van der Waals surface area contributed by atoms with Crippen molar-refractivity contribution < 1.29 is 14.6 Å². The van der Waals surface area contributed by atoms with Gasteiger partial charge in [-0.2, -0.15) is 0 Å². The second-order valence-corrected chi connectivity index (χ2v) is 4.44. The lowest BCUT2D eigenvalue weighted by atomic mass is 10.1. The number of likely N-dealkylation sites (N-methyl/N-ethyl adjacent to an activating group) is 1. The number of aliphatic hydroxyl groups excluding tert-OH is 1. The topological polar surface area (TPSA) is 75.8 Å². The van der Waals surface area contributed by atoms with Gasteiger partial charge < -0.3 is 15.6 Å². The standard InChI is InChI=1S/C15H20N2O3/c1-17(11-15(16)19)10-13-9-12(5-3-4-8-18)6-7-14(13)20-2/h6-7,9,18H,4,8,10-11H2,1-2H3,(H2,16,19). The summed E-state index contributed by atoms with van der Waals surface area (Å²) in [4.78, 5) is 12.7. The van der Waals surface area contributed by atoms with E-state index < -0.39 is 0 Å². The Morgan fingerprint density at radius 3 is 2.85 bits per heavy atom. The van der Waals surface area contributed by atoms with Gasteiger partial charge in [-0.05, 0) is 25.2 Å². The molecule has 0 radical (unpaired) electrons. The Bertz CT molecular complexity index is 518. The van der Waals surface area contributed by atoms with Crippen LogP contribution in [0.2, 0.25) is 0 Å². The molecule has 1 aromatic rings. The summed E-state index contributed by atoms with van der Waals surface area (Å²) in [5.41, 5.74) is 6.96. The zero-order valence-electron chi connectivity index (χ0n) is 11.8. The number of primary amides is 1. The van der Waals surface area contributed by atoms with Crippen LogP contribution in [-0.4, -0.2) is 43.2 Å². The van der Waals surface area contributed by atoms with Crippen molar-refractivity contribution in [2.24, 2.45) is 5.73 Å². The SMILES string of the molecule is COc1ccc(C#CCCO)cc1CN(C)CC(N)=O. The Hall–Kier alpha value is -2.03. The summed E-state index contributed by atoms with van der Waals surface area (Å²) in [6.45, 7) is 0.780. The third kappa shape index (κ3) is 5.31.